The minimum absolute atomic E-state index is 0.0642. The molecule has 0 aliphatic rings. The zero-order chi connectivity index (χ0) is 8.15. The van der Waals surface area contributed by atoms with Gasteiger partial charge in [0.2, 0.25) is 5.91 Å². The molecule has 0 heterocycles. The lowest BCUT2D eigenvalue weighted by Crippen LogP contribution is -2.36. The summed E-state index contributed by atoms with van der Waals surface area (Å²) >= 11 is 3.19. The lowest BCUT2D eigenvalue weighted by molar-refractivity contribution is -0.120. The maximum atomic E-state index is 11.0. The molecule has 10 heavy (non-hydrogen) atoms. The Kier molecular flexibility index (Phi) is 4.69. The molecule has 0 bridgehead atoms. The molecule has 1 amide bonds. The molecule has 0 saturated heterocycles. The average Bonchev–Trinajstić information content (AvgIpc) is 1.87. The first kappa shape index (κ1) is 9.95. The van der Waals surface area contributed by atoms with Gasteiger partial charge >= 0.3 is 0 Å². The summed E-state index contributed by atoms with van der Waals surface area (Å²) in [4.78, 5) is 10.9. The Morgan fingerprint density at radius 3 is 2.40 bits per heavy atom. The van der Waals surface area contributed by atoms with Crippen molar-refractivity contribution in [2.75, 3.05) is 0 Å². The smallest absolute Gasteiger partial charge is 0.233 e. The van der Waals surface area contributed by atoms with E-state index in [1.165, 1.54) is 0 Å². The second-order valence-corrected chi connectivity index (χ2v) is 3.81. The van der Waals surface area contributed by atoms with E-state index in [4.69, 9.17) is 0 Å². The summed E-state index contributed by atoms with van der Waals surface area (Å²) in [5.41, 5.74) is 0. The van der Waals surface area contributed by atoms with E-state index in [0.29, 0.717) is 0 Å². The van der Waals surface area contributed by atoms with Gasteiger partial charge in [0.25, 0.3) is 0 Å². The Hall–Kier alpha value is -0.0500. The third kappa shape index (κ3) is 3.88. The van der Waals surface area contributed by atoms with Crippen molar-refractivity contribution in [2.24, 2.45) is 0 Å². The van der Waals surface area contributed by atoms with Crippen LogP contribution in [0.25, 0.3) is 0 Å². The topological polar surface area (TPSA) is 29.1 Å². The third-order valence-corrected chi connectivity index (χ3v) is 1.78. The summed E-state index contributed by atoms with van der Waals surface area (Å²) in [6.45, 7) is 5.86. The van der Waals surface area contributed by atoms with E-state index < -0.39 is 0 Å². The maximum absolute atomic E-state index is 11.0. The third-order valence-electron chi connectivity index (χ3n) is 1.36. The van der Waals surface area contributed by atoms with E-state index in [1.54, 1.807) is 0 Å². The number of halogens is 1. The summed E-state index contributed by atoms with van der Waals surface area (Å²) in [7, 11) is 0. The predicted octanol–water partition coefficient (Wildman–Crippen LogP) is 1.68. The van der Waals surface area contributed by atoms with Crippen LogP contribution in [-0.4, -0.2) is 16.8 Å². The standard InChI is InChI=1S/C7H14BrNO/c1-4-5(2)9-7(10)6(3)8/h5-6H,4H2,1-3H3,(H,9,10)/t5-,6+/m0/s1. The SMILES string of the molecule is CC[C@H](C)NC(=O)[C@@H](C)Br. The summed E-state index contributed by atoms with van der Waals surface area (Å²) in [5, 5.41) is 2.84. The molecule has 0 fully saturated rings. The van der Waals surface area contributed by atoms with Crippen molar-refractivity contribution >= 4 is 21.8 Å². The minimum atomic E-state index is -0.0819. The summed E-state index contributed by atoms with van der Waals surface area (Å²) in [6, 6.07) is 0.285. The van der Waals surface area contributed by atoms with Crippen LogP contribution >= 0.6 is 15.9 Å². The predicted molar refractivity (Wildman–Crippen MR) is 46.3 cm³/mol. The zero-order valence-corrected chi connectivity index (χ0v) is 8.23. The van der Waals surface area contributed by atoms with Crippen LogP contribution in [0.1, 0.15) is 27.2 Å². The van der Waals surface area contributed by atoms with Gasteiger partial charge < -0.3 is 5.32 Å². The first-order valence-corrected chi connectivity index (χ1v) is 4.44. The quantitative estimate of drug-likeness (QED) is 0.702. The van der Waals surface area contributed by atoms with Crippen molar-refractivity contribution in [3.63, 3.8) is 0 Å². The van der Waals surface area contributed by atoms with Crippen LogP contribution in [-0.2, 0) is 4.79 Å². The van der Waals surface area contributed by atoms with Crippen molar-refractivity contribution in [1.82, 2.24) is 5.32 Å². The monoisotopic (exact) mass is 207 g/mol. The zero-order valence-electron chi connectivity index (χ0n) is 6.65. The second kappa shape index (κ2) is 4.72. The van der Waals surface area contributed by atoms with Gasteiger partial charge in [0, 0.05) is 6.04 Å². The average molecular weight is 208 g/mol. The summed E-state index contributed by atoms with van der Waals surface area (Å²) in [6.07, 6.45) is 0.978. The Balaban J connectivity index is 3.57. The molecule has 0 rings (SSSR count). The normalized spacial score (nSPS) is 16.0. The molecule has 1 N–H and O–H groups in total. The highest BCUT2D eigenvalue weighted by atomic mass is 79.9. The van der Waals surface area contributed by atoms with Gasteiger partial charge in [-0.05, 0) is 20.3 Å². The molecule has 60 valence electrons. The summed E-state index contributed by atoms with van der Waals surface area (Å²) in [5.74, 6) is 0.0642. The number of nitrogens with one attached hydrogen (secondary N) is 1. The first-order chi connectivity index (χ1) is 4.57. The van der Waals surface area contributed by atoms with Gasteiger partial charge in [0.1, 0.15) is 0 Å². The van der Waals surface area contributed by atoms with E-state index in [-0.39, 0.29) is 16.8 Å². The Morgan fingerprint density at radius 2 is 2.10 bits per heavy atom. The van der Waals surface area contributed by atoms with Crippen molar-refractivity contribution in [2.45, 2.75) is 38.1 Å². The fourth-order valence-electron chi connectivity index (χ4n) is 0.460. The van der Waals surface area contributed by atoms with Crippen molar-refractivity contribution < 1.29 is 4.79 Å². The molecule has 2 atom stereocenters. The molecule has 3 heteroatoms. The molecular formula is C7H14BrNO. The Labute approximate surface area is 70.5 Å². The van der Waals surface area contributed by atoms with Crippen LogP contribution in [0.15, 0.2) is 0 Å². The van der Waals surface area contributed by atoms with Gasteiger partial charge in [-0.15, -0.1) is 0 Å². The largest absolute Gasteiger partial charge is 0.353 e. The van der Waals surface area contributed by atoms with E-state index >= 15 is 0 Å². The number of hydrogen-bond donors (Lipinski definition) is 1. The van der Waals surface area contributed by atoms with Crippen molar-refractivity contribution in [1.29, 1.82) is 0 Å². The number of carbonyl (C=O) groups is 1. The number of hydrogen-bond acceptors (Lipinski definition) is 1. The fraction of sp³-hybridized carbons (Fsp3) is 0.857. The molecule has 0 aromatic carbocycles. The highest BCUT2D eigenvalue weighted by molar-refractivity contribution is 9.10. The van der Waals surface area contributed by atoms with Crippen LogP contribution in [0.3, 0.4) is 0 Å². The Bertz CT molecular complexity index is 114. The number of amides is 1. The van der Waals surface area contributed by atoms with Gasteiger partial charge in [-0.2, -0.15) is 0 Å². The number of alkyl halides is 1. The van der Waals surface area contributed by atoms with Gasteiger partial charge in [-0.25, -0.2) is 0 Å². The molecule has 0 spiro atoms. The van der Waals surface area contributed by atoms with Crippen LogP contribution in [0.4, 0.5) is 0 Å². The molecule has 0 aromatic rings. The fourth-order valence-corrected chi connectivity index (χ4v) is 0.592. The van der Waals surface area contributed by atoms with Crippen LogP contribution in [0.2, 0.25) is 0 Å². The molecule has 0 radical (unpaired) electrons. The van der Waals surface area contributed by atoms with E-state index in [1.807, 2.05) is 20.8 Å². The first-order valence-electron chi connectivity index (χ1n) is 3.52. The van der Waals surface area contributed by atoms with Crippen LogP contribution in [0.5, 0.6) is 0 Å². The maximum Gasteiger partial charge on any atom is 0.233 e. The van der Waals surface area contributed by atoms with E-state index in [2.05, 4.69) is 21.2 Å². The minimum Gasteiger partial charge on any atom is -0.353 e. The highest BCUT2D eigenvalue weighted by Crippen LogP contribution is 1.98. The molecule has 2 nitrogen and oxygen atoms in total. The Morgan fingerprint density at radius 1 is 1.60 bits per heavy atom. The van der Waals surface area contributed by atoms with Gasteiger partial charge in [-0.3, -0.25) is 4.79 Å². The van der Waals surface area contributed by atoms with E-state index in [0.717, 1.165) is 6.42 Å². The van der Waals surface area contributed by atoms with Gasteiger partial charge in [0.15, 0.2) is 0 Å². The molecule has 0 saturated carbocycles. The second-order valence-electron chi connectivity index (χ2n) is 2.43. The number of rotatable bonds is 3. The molecular weight excluding hydrogens is 194 g/mol. The van der Waals surface area contributed by atoms with Crippen molar-refractivity contribution in [3.8, 4) is 0 Å². The molecule has 0 aliphatic carbocycles. The molecule has 0 aliphatic heterocycles. The lowest BCUT2D eigenvalue weighted by Gasteiger charge is -2.11. The summed E-state index contributed by atoms with van der Waals surface area (Å²) < 4.78 is 0. The van der Waals surface area contributed by atoms with Gasteiger partial charge in [-0.1, -0.05) is 22.9 Å². The number of carbonyl (C=O) groups excluding carboxylic acids is 1. The molecule has 0 aromatic heterocycles. The van der Waals surface area contributed by atoms with E-state index in [9.17, 15) is 4.79 Å². The lowest BCUT2D eigenvalue weighted by atomic mass is 10.2. The van der Waals surface area contributed by atoms with Gasteiger partial charge in [0.05, 0.1) is 4.83 Å². The van der Waals surface area contributed by atoms with Crippen LogP contribution in [0, 0.1) is 0 Å². The van der Waals surface area contributed by atoms with Crippen molar-refractivity contribution in [3.05, 3.63) is 0 Å². The highest BCUT2D eigenvalue weighted by Gasteiger charge is 2.09. The van der Waals surface area contributed by atoms with Crippen LogP contribution < -0.4 is 5.32 Å². The molecule has 0 unspecified atom stereocenters.